The van der Waals surface area contributed by atoms with Gasteiger partial charge in [0.15, 0.2) is 0 Å². The van der Waals surface area contributed by atoms with Crippen molar-refractivity contribution in [2.45, 2.75) is 71.9 Å². The van der Waals surface area contributed by atoms with Crippen molar-refractivity contribution in [1.29, 1.82) is 0 Å². The van der Waals surface area contributed by atoms with E-state index in [0.29, 0.717) is 12.9 Å². The fourth-order valence-corrected chi connectivity index (χ4v) is 2.19. The van der Waals surface area contributed by atoms with Crippen LogP contribution in [-0.2, 0) is 19.1 Å². The van der Waals surface area contributed by atoms with Crippen LogP contribution in [0.1, 0.15) is 60.3 Å². The molecule has 0 atom stereocenters. The van der Waals surface area contributed by atoms with E-state index in [1.807, 2.05) is 34.6 Å². The van der Waals surface area contributed by atoms with E-state index in [1.54, 1.807) is 0 Å². The summed E-state index contributed by atoms with van der Waals surface area (Å²) in [4.78, 5) is 21.2. The zero-order chi connectivity index (χ0) is 16.7. The van der Waals surface area contributed by atoms with Gasteiger partial charge in [-0.25, -0.2) is 0 Å². The number of rotatable bonds is 2. The Bertz CT molecular complexity index is 231. The monoisotopic (exact) mass is 303 g/mol. The summed E-state index contributed by atoms with van der Waals surface area (Å²) in [6.45, 7) is 13.1. The Morgan fingerprint density at radius 1 is 1.00 bits per heavy atom. The number of methoxy groups -OCH3 is 1. The summed E-state index contributed by atoms with van der Waals surface area (Å²) in [5.74, 6) is 0. The summed E-state index contributed by atoms with van der Waals surface area (Å²) in [6, 6.07) is 1.01. The number of carbonyl (C=O) groups excluding carboxylic acids is 2. The lowest BCUT2D eigenvalue weighted by atomic mass is 10.2. The van der Waals surface area contributed by atoms with Crippen molar-refractivity contribution >= 4 is 12.9 Å². The van der Waals surface area contributed by atoms with Gasteiger partial charge in [0, 0.05) is 6.04 Å². The molecule has 2 aliphatic rings. The van der Waals surface area contributed by atoms with Gasteiger partial charge in [0.1, 0.15) is 5.60 Å². The number of hydrogen-bond donors (Lipinski definition) is 0. The summed E-state index contributed by atoms with van der Waals surface area (Å²) in [5, 5.41) is 0. The molecule has 2 fully saturated rings. The van der Waals surface area contributed by atoms with Crippen LogP contribution in [0.4, 0.5) is 0 Å². The van der Waals surface area contributed by atoms with Crippen LogP contribution in [0.3, 0.4) is 0 Å². The fourth-order valence-electron chi connectivity index (χ4n) is 2.19. The first-order chi connectivity index (χ1) is 9.94. The fraction of sp³-hybridized carbons (Fsp3) is 0.875. The van der Waals surface area contributed by atoms with Crippen molar-refractivity contribution in [2.75, 3.05) is 20.2 Å². The Hall–Kier alpha value is -1.10. The number of ether oxygens (including phenoxy) is 2. The maximum absolute atomic E-state index is 9.60. The first kappa shape index (κ1) is 22.2. The lowest BCUT2D eigenvalue weighted by molar-refractivity contribution is -0.138. The molecule has 0 spiro atoms. The van der Waals surface area contributed by atoms with Gasteiger partial charge in [-0.3, -0.25) is 9.59 Å². The quantitative estimate of drug-likeness (QED) is 0.734. The summed E-state index contributed by atoms with van der Waals surface area (Å²) in [7, 11) is 1.31. The van der Waals surface area contributed by atoms with Crippen LogP contribution in [-0.4, -0.2) is 49.7 Å². The molecular weight excluding hydrogens is 270 g/mol. The summed E-state index contributed by atoms with van der Waals surface area (Å²) >= 11 is 0. The molecule has 0 amide bonds. The third-order valence-electron chi connectivity index (χ3n) is 2.98. The zero-order valence-electron chi connectivity index (χ0n) is 14.6. The number of nitrogens with zero attached hydrogens (tertiary/aromatic N) is 1. The lowest BCUT2D eigenvalue weighted by Crippen LogP contribution is -2.21. The van der Waals surface area contributed by atoms with Crippen molar-refractivity contribution in [3.05, 3.63) is 0 Å². The average Bonchev–Trinajstić information content (AvgIpc) is 3.04. The van der Waals surface area contributed by atoms with E-state index in [0.717, 1.165) is 6.04 Å². The molecule has 0 aromatic heterocycles. The van der Waals surface area contributed by atoms with Gasteiger partial charge in [0.2, 0.25) is 0 Å². The van der Waals surface area contributed by atoms with Gasteiger partial charge in [-0.15, -0.1) is 0 Å². The standard InChI is InChI=1S/C7H13N.C5H10O2.C2H4O2.C2H6/c1-3-7-4-2-6-8(7)5-1;1-5(2,3)7-4-6;1-4-2-3;1-2/h7H,1-6H2;4H,1-3H3;2H,1H3;1-2H3. The van der Waals surface area contributed by atoms with Crippen LogP contribution >= 0.6 is 0 Å². The SMILES string of the molecule is C1CC2CCCN2C1.CC.CC(C)(C)OC=O.COC=O. The molecule has 2 saturated heterocycles. The average molecular weight is 303 g/mol. The highest BCUT2D eigenvalue weighted by molar-refractivity contribution is 5.37. The highest BCUT2D eigenvalue weighted by Crippen LogP contribution is 2.26. The third kappa shape index (κ3) is 13.6. The smallest absolute Gasteiger partial charge is 0.293 e. The van der Waals surface area contributed by atoms with Gasteiger partial charge in [0.05, 0.1) is 7.11 Å². The summed E-state index contributed by atoms with van der Waals surface area (Å²) in [5.41, 5.74) is -0.318. The highest BCUT2D eigenvalue weighted by Gasteiger charge is 2.27. The number of fused-ring (bicyclic) bond motifs is 1. The minimum atomic E-state index is -0.318. The first-order valence-electron chi connectivity index (χ1n) is 7.76. The zero-order valence-corrected chi connectivity index (χ0v) is 14.6. The van der Waals surface area contributed by atoms with Crippen LogP contribution in [0, 0.1) is 0 Å². The minimum absolute atomic E-state index is 0.318. The Morgan fingerprint density at radius 3 is 1.62 bits per heavy atom. The Morgan fingerprint density at radius 2 is 1.43 bits per heavy atom. The third-order valence-corrected chi connectivity index (χ3v) is 2.98. The molecule has 0 aromatic carbocycles. The molecule has 0 aromatic rings. The van der Waals surface area contributed by atoms with Crippen LogP contribution in [0.15, 0.2) is 0 Å². The van der Waals surface area contributed by atoms with Gasteiger partial charge in [0.25, 0.3) is 12.9 Å². The van der Waals surface area contributed by atoms with Gasteiger partial charge in [-0.05, 0) is 59.5 Å². The van der Waals surface area contributed by atoms with E-state index in [2.05, 4.69) is 14.4 Å². The molecule has 0 unspecified atom stereocenters. The van der Waals surface area contributed by atoms with Crippen molar-refractivity contribution in [2.24, 2.45) is 0 Å². The normalized spacial score (nSPS) is 16.9. The minimum Gasteiger partial charge on any atom is -0.471 e. The Kier molecular flexibility index (Phi) is 14.6. The number of carbonyl (C=O) groups is 2. The van der Waals surface area contributed by atoms with E-state index >= 15 is 0 Å². The van der Waals surface area contributed by atoms with Crippen molar-refractivity contribution in [1.82, 2.24) is 4.90 Å². The van der Waals surface area contributed by atoms with Crippen molar-refractivity contribution in [3.8, 4) is 0 Å². The van der Waals surface area contributed by atoms with Gasteiger partial charge >= 0.3 is 0 Å². The van der Waals surface area contributed by atoms with Crippen LogP contribution in [0.2, 0.25) is 0 Å². The molecule has 5 heteroatoms. The van der Waals surface area contributed by atoms with Crippen LogP contribution in [0.5, 0.6) is 0 Å². The predicted molar refractivity (Wildman–Crippen MR) is 85.2 cm³/mol. The summed E-state index contributed by atoms with van der Waals surface area (Å²) < 4.78 is 8.41. The molecule has 0 radical (unpaired) electrons. The lowest BCUT2D eigenvalue weighted by Gasteiger charge is -2.14. The molecule has 126 valence electrons. The topological polar surface area (TPSA) is 55.8 Å². The Balaban J connectivity index is 0. The molecule has 21 heavy (non-hydrogen) atoms. The maximum Gasteiger partial charge on any atom is 0.293 e. The Labute approximate surface area is 130 Å². The van der Waals surface area contributed by atoms with Crippen LogP contribution < -0.4 is 0 Å². The van der Waals surface area contributed by atoms with E-state index in [-0.39, 0.29) is 5.60 Å². The maximum atomic E-state index is 9.60. The molecule has 0 N–H and O–H groups in total. The van der Waals surface area contributed by atoms with Gasteiger partial charge in [-0.1, -0.05) is 13.8 Å². The molecule has 0 saturated carbocycles. The number of hydrogen-bond acceptors (Lipinski definition) is 5. The highest BCUT2D eigenvalue weighted by atomic mass is 16.5. The molecule has 2 aliphatic heterocycles. The largest absolute Gasteiger partial charge is 0.471 e. The second kappa shape index (κ2) is 13.9. The van der Waals surface area contributed by atoms with Gasteiger partial charge in [-0.2, -0.15) is 0 Å². The molecule has 5 nitrogen and oxygen atoms in total. The summed E-state index contributed by atoms with van der Waals surface area (Å²) in [6.07, 6.45) is 5.90. The second-order valence-corrected chi connectivity index (χ2v) is 5.63. The first-order valence-corrected chi connectivity index (χ1v) is 7.76. The van der Waals surface area contributed by atoms with Crippen molar-refractivity contribution < 1.29 is 19.1 Å². The molecule has 2 rings (SSSR count). The van der Waals surface area contributed by atoms with E-state index in [1.165, 1.54) is 45.9 Å². The molecule has 0 aliphatic carbocycles. The van der Waals surface area contributed by atoms with Crippen molar-refractivity contribution in [3.63, 3.8) is 0 Å². The second-order valence-electron chi connectivity index (χ2n) is 5.63. The van der Waals surface area contributed by atoms with E-state index < -0.39 is 0 Å². The van der Waals surface area contributed by atoms with E-state index in [9.17, 15) is 4.79 Å². The van der Waals surface area contributed by atoms with Gasteiger partial charge < -0.3 is 14.4 Å². The molecular formula is C16H33NO4. The predicted octanol–water partition coefficient (Wildman–Crippen LogP) is 3.02. The molecule has 0 bridgehead atoms. The van der Waals surface area contributed by atoms with Crippen LogP contribution in [0.25, 0.3) is 0 Å². The van der Waals surface area contributed by atoms with E-state index in [4.69, 9.17) is 4.79 Å². The molecule has 2 heterocycles.